The van der Waals surface area contributed by atoms with E-state index in [4.69, 9.17) is 5.73 Å². The highest BCUT2D eigenvalue weighted by molar-refractivity contribution is 5.07. The standard InChI is InChI=1S/C11H21N3/c1-2-11-7-13-3-4-14(8-11)6-9(5-13)10(11)12/h9-10H,2-8,12H2,1H3/t9?,10-,11?/m0/s1. The van der Waals surface area contributed by atoms with Crippen LogP contribution >= 0.6 is 0 Å². The van der Waals surface area contributed by atoms with Gasteiger partial charge in [-0.3, -0.25) is 0 Å². The summed E-state index contributed by atoms with van der Waals surface area (Å²) in [6.45, 7) is 9.85. The minimum atomic E-state index is 0.414. The molecule has 4 heterocycles. The molecule has 4 aliphatic rings. The average Bonchev–Trinajstić information content (AvgIpc) is 2.41. The van der Waals surface area contributed by atoms with Crippen LogP contribution in [0.3, 0.4) is 0 Å². The van der Waals surface area contributed by atoms with Gasteiger partial charge in [-0.2, -0.15) is 0 Å². The first-order chi connectivity index (χ1) is 6.73. The van der Waals surface area contributed by atoms with Gasteiger partial charge in [0.2, 0.25) is 0 Å². The van der Waals surface area contributed by atoms with Crippen LogP contribution in [0.1, 0.15) is 13.3 Å². The molecular formula is C11H21N3. The summed E-state index contributed by atoms with van der Waals surface area (Å²) >= 11 is 0. The van der Waals surface area contributed by atoms with E-state index >= 15 is 0 Å². The third-order valence-electron chi connectivity index (χ3n) is 4.71. The van der Waals surface area contributed by atoms with Gasteiger partial charge in [0.05, 0.1) is 0 Å². The maximum Gasteiger partial charge on any atom is 0.0173 e. The SMILES string of the molecule is CCC12CN3CCN(CC(C3)[C@@H]1N)C2. The first-order valence-corrected chi connectivity index (χ1v) is 5.94. The normalized spacial score (nSPS) is 56.1. The van der Waals surface area contributed by atoms with Gasteiger partial charge in [0.1, 0.15) is 0 Å². The Morgan fingerprint density at radius 1 is 1.21 bits per heavy atom. The number of hydrogen-bond donors (Lipinski definition) is 1. The Morgan fingerprint density at radius 3 is 2.29 bits per heavy atom. The highest BCUT2D eigenvalue weighted by atomic mass is 15.3. The van der Waals surface area contributed by atoms with Crippen LogP contribution in [-0.4, -0.2) is 55.1 Å². The number of hydrogen-bond acceptors (Lipinski definition) is 3. The lowest BCUT2D eigenvalue weighted by atomic mass is 9.67. The van der Waals surface area contributed by atoms with Crippen LogP contribution in [0.5, 0.6) is 0 Å². The molecule has 0 radical (unpaired) electrons. The van der Waals surface area contributed by atoms with E-state index in [1.54, 1.807) is 0 Å². The molecule has 4 bridgehead atoms. The van der Waals surface area contributed by atoms with Crippen molar-refractivity contribution in [2.24, 2.45) is 17.1 Å². The monoisotopic (exact) mass is 195 g/mol. The second-order valence-electron chi connectivity index (χ2n) is 5.47. The van der Waals surface area contributed by atoms with E-state index < -0.39 is 0 Å². The van der Waals surface area contributed by atoms with Gasteiger partial charge in [0.15, 0.2) is 0 Å². The van der Waals surface area contributed by atoms with Crippen LogP contribution in [0, 0.1) is 11.3 Å². The van der Waals surface area contributed by atoms with Crippen molar-refractivity contribution in [2.75, 3.05) is 39.3 Å². The van der Waals surface area contributed by atoms with Crippen molar-refractivity contribution in [3.63, 3.8) is 0 Å². The van der Waals surface area contributed by atoms with E-state index in [1.165, 1.54) is 45.7 Å². The van der Waals surface area contributed by atoms with Crippen LogP contribution in [0.15, 0.2) is 0 Å². The zero-order chi connectivity index (χ0) is 9.76. The quantitative estimate of drug-likeness (QED) is 0.638. The molecule has 0 amide bonds. The zero-order valence-corrected chi connectivity index (χ0v) is 9.08. The third-order valence-corrected chi connectivity index (χ3v) is 4.71. The lowest BCUT2D eigenvalue weighted by molar-refractivity contribution is -0.0189. The molecule has 4 rings (SSSR count). The molecule has 0 aromatic heterocycles. The Balaban J connectivity index is 1.97. The molecular weight excluding hydrogens is 174 g/mol. The summed E-state index contributed by atoms with van der Waals surface area (Å²) in [6.07, 6.45) is 1.25. The molecule has 4 fully saturated rings. The van der Waals surface area contributed by atoms with Crippen LogP contribution in [0.25, 0.3) is 0 Å². The van der Waals surface area contributed by atoms with E-state index in [1.807, 2.05) is 0 Å². The van der Waals surface area contributed by atoms with Crippen molar-refractivity contribution in [3.8, 4) is 0 Å². The summed E-state index contributed by atoms with van der Waals surface area (Å²) in [5.74, 6) is 0.736. The molecule has 0 aromatic carbocycles. The van der Waals surface area contributed by atoms with Gasteiger partial charge in [0, 0.05) is 56.6 Å². The fourth-order valence-electron chi connectivity index (χ4n) is 3.81. The molecule has 2 unspecified atom stereocenters. The van der Waals surface area contributed by atoms with Crippen LogP contribution in [0.4, 0.5) is 0 Å². The molecule has 0 spiro atoms. The van der Waals surface area contributed by atoms with Gasteiger partial charge in [-0.05, 0) is 6.42 Å². The predicted octanol–water partition coefficient (Wildman–Crippen LogP) is -0.0289. The molecule has 3 heteroatoms. The van der Waals surface area contributed by atoms with Gasteiger partial charge < -0.3 is 15.5 Å². The van der Waals surface area contributed by atoms with E-state index in [0.717, 1.165) is 5.92 Å². The maximum atomic E-state index is 6.43. The second kappa shape index (κ2) is 2.94. The Morgan fingerprint density at radius 2 is 1.79 bits per heavy atom. The molecule has 2 N–H and O–H groups in total. The number of rotatable bonds is 1. The highest BCUT2D eigenvalue weighted by Gasteiger charge is 2.51. The number of fused-ring (bicyclic) bond motifs is 1. The van der Waals surface area contributed by atoms with Gasteiger partial charge in [-0.1, -0.05) is 6.92 Å². The smallest absolute Gasteiger partial charge is 0.0173 e. The van der Waals surface area contributed by atoms with Crippen molar-refractivity contribution in [3.05, 3.63) is 0 Å². The average molecular weight is 195 g/mol. The summed E-state index contributed by atoms with van der Waals surface area (Å²) in [5.41, 5.74) is 6.84. The largest absolute Gasteiger partial charge is 0.327 e. The molecule has 3 atom stereocenters. The fraction of sp³-hybridized carbons (Fsp3) is 1.00. The minimum Gasteiger partial charge on any atom is -0.327 e. The lowest BCUT2D eigenvalue weighted by Crippen LogP contribution is -2.66. The number of nitrogens with zero attached hydrogens (tertiary/aromatic N) is 2. The molecule has 4 saturated heterocycles. The summed E-state index contributed by atoms with van der Waals surface area (Å²) in [6, 6.07) is 0.457. The molecule has 14 heavy (non-hydrogen) atoms. The fourth-order valence-corrected chi connectivity index (χ4v) is 3.81. The van der Waals surface area contributed by atoms with Crippen molar-refractivity contribution in [1.29, 1.82) is 0 Å². The molecule has 4 aliphatic heterocycles. The molecule has 0 aromatic rings. The Kier molecular flexibility index (Phi) is 1.92. The third kappa shape index (κ3) is 1.09. The lowest BCUT2D eigenvalue weighted by Gasteiger charge is -2.54. The molecule has 0 aliphatic carbocycles. The highest BCUT2D eigenvalue weighted by Crippen LogP contribution is 2.41. The minimum absolute atomic E-state index is 0.414. The van der Waals surface area contributed by atoms with Gasteiger partial charge >= 0.3 is 0 Å². The summed E-state index contributed by atoms with van der Waals surface area (Å²) in [4.78, 5) is 5.29. The molecule has 80 valence electrons. The Bertz CT molecular complexity index is 225. The van der Waals surface area contributed by atoms with Crippen molar-refractivity contribution in [2.45, 2.75) is 19.4 Å². The van der Waals surface area contributed by atoms with Crippen LogP contribution in [0.2, 0.25) is 0 Å². The van der Waals surface area contributed by atoms with E-state index in [0.29, 0.717) is 11.5 Å². The van der Waals surface area contributed by atoms with Crippen molar-refractivity contribution < 1.29 is 0 Å². The van der Waals surface area contributed by atoms with Gasteiger partial charge in [-0.25, -0.2) is 0 Å². The Labute approximate surface area is 86.2 Å². The Hall–Kier alpha value is -0.120. The first-order valence-electron chi connectivity index (χ1n) is 5.94. The van der Waals surface area contributed by atoms with Gasteiger partial charge in [-0.15, -0.1) is 0 Å². The summed E-state index contributed by atoms with van der Waals surface area (Å²) < 4.78 is 0. The molecule has 0 saturated carbocycles. The second-order valence-corrected chi connectivity index (χ2v) is 5.47. The van der Waals surface area contributed by atoms with Crippen LogP contribution < -0.4 is 5.73 Å². The van der Waals surface area contributed by atoms with Crippen molar-refractivity contribution >= 4 is 0 Å². The number of nitrogens with two attached hydrogens (primary N) is 1. The van der Waals surface area contributed by atoms with E-state index in [-0.39, 0.29) is 0 Å². The summed E-state index contributed by atoms with van der Waals surface area (Å²) in [5, 5.41) is 0. The van der Waals surface area contributed by atoms with Crippen LogP contribution in [-0.2, 0) is 0 Å². The maximum absolute atomic E-state index is 6.43. The predicted molar refractivity (Wildman–Crippen MR) is 57.1 cm³/mol. The molecule has 3 nitrogen and oxygen atoms in total. The zero-order valence-electron chi connectivity index (χ0n) is 9.08. The topological polar surface area (TPSA) is 32.5 Å². The van der Waals surface area contributed by atoms with E-state index in [9.17, 15) is 0 Å². The first kappa shape index (κ1) is 9.13. The van der Waals surface area contributed by atoms with E-state index in [2.05, 4.69) is 16.7 Å². The van der Waals surface area contributed by atoms with Crippen molar-refractivity contribution in [1.82, 2.24) is 9.80 Å². The van der Waals surface area contributed by atoms with Gasteiger partial charge in [0.25, 0.3) is 0 Å². The summed E-state index contributed by atoms with van der Waals surface area (Å²) in [7, 11) is 0. The number of piperidine rings is 2.